The van der Waals surface area contributed by atoms with Gasteiger partial charge in [-0.25, -0.2) is 21.8 Å². The second kappa shape index (κ2) is 6.51. The van der Waals surface area contributed by atoms with Gasteiger partial charge in [-0.2, -0.15) is 0 Å². The molecular weight excluding hydrogens is 336 g/mol. The molecule has 0 amide bonds. The predicted octanol–water partition coefficient (Wildman–Crippen LogP) is 1.46. The van der Waals surface area contributed by atoms with Crippen molar-refractivity contribution in [2.45, 2.75) is 37.1 Å². The lowest BCUT2D eigenvalue weighted by molar-refractivity contribution is 0.0893. The molecule has 0 aromatic heterocycles. The van der Waals surface area contributed by atoms with Crippen LogP contribution in [0.1, 0.15) is 31.7 Å². The van der Waals surface area contributed by atoms with E-state index in [-0.39, 0.29) is 16.4 Å². The Morgan fingerprint density at radius 3 is 2.09 bits per heavy atom. The van der Waals surface area contributed by atoms with E-state index >= 15 is 0 Å². The molecule has 0 unspecified atom stereocenters. The number of sulfone groups is 1. The topological polar surface area (TPSA) is 74.8 Å². The molecule has 1 fully saturated rings. The minimum Gasteiger partial charge on any atom is -0.234 e. The second-order valence-electron chi connectivity index (χ2n) is 6.41. The van der Waals surface area contributed by atoms with Gasteiger partial charge in [0.2, 0.25) is 0 Å². The molecule has 0 saturated carbocycles. The fraction of sp³-hybridized carbons (Fsp3) is 0.600. The van der Waals surface area contributed by atoms with Crippen LogP contribution in [-0.2, 0) is 19.9 Å². The molecule has 130 valence electrons. The van der Waals surface area contributed by atoms with Gasteiger partial charge in [0, 0.05) is 14.1 Å². The molecular formula is C15H24N2O4S2. The standard InChI is InChI=1S/C15H24N2O4S2/c1-12(2)13-5-7-15(8-6-13)23(20,21)17(16(3)4)14-9-10-22(18,19)11-14/h5-8,12,14H,9-11H2,1-4H3/t14-/m0/s1. The zero-order valence-electron chi connectivity index (χ0n) is 13.9. The van der Waals surface area contributed by atoms with E-state index in [0.29, 0.717) is 12.3 Å². The maximum Gasteiger partial charge on any atom is 0.256 e. The Kier molecular flexibility index (Phi) is 5.20. The summed E-state index contributed by atoms with van der Waals surface area (Å²) in [5.74, 6) is 0.217. The van der Waals surface area contributed by atoms with Gasteiger partial charge in [0.15, 0.2) is 9.84 Å². The van der Waals surface area contributed by atoms with Gasteiger partial charge in [-0.05, 0) is 30.0 Å². The van der Waals surface area contributed by atoms with E-state index in [2.05, 4.69) is 0 Å². The first-order valence-electron chi connectivity index (χ1n) is 7.56. The lowest BCUT2D eigenvalue weighted by Crippen LogP contribution is -2.49. The molecule has 1 atom stereocenters. The van der Waals surface area contributed by atoms with E-state index in [1.54, 1.807) is 38.4 Å². The number of sulfonamides is 1. The van der Waals surface area contributed by atoms with E-state index in [1.807, 2.05) is 13.8 Å². The van der Waals surface area contributed by atoms with E-state index < -0.39 is 25.9 Å². The zero-order chi connectivity index (χ0) is 17.4. The average Bonchev–Trinajstić information content (AvgIpc) is 2.78. The van der Waals surface area contributed by atoms with Crippen LogP contribution in [0.4, 0.5) is 0 Å². The van der Waals surface area contributed by atoms with Gasteiger partial charge in [-0.15, -0.1) is 4.41 Å². The highest BCUT2D eigenvalue weighted by Gasteiger charge is 2.40. The van der Waals surface area contributed by atoms with Gasteiger partial charge >= 0.3 is 0 Å². The number of benzene rings is 1. The Morgan fingerprint density at radius 1 is 1.13 bits per heavy atom. The number of hydrogen-bond acceptors (Lipinski definition) is 5. The van der Waals surface area contributed by atoms with E-state index in [1.165, 1.54) is 9.42 Å². The molecule has 6 nitrogen and oxygen atoms in total. The van der Waals surface area contributed by atoms with Crippen LogP contribution >= 0.6 is 0 Å². The highest BCUT2D eigenvalue weighted by Crippen LogP contribution is 2.26. The molecule has 0 bridgehead atoms. The first kappa shape index (κ1) is 18.4. The van der Waals surface area contributed by atoms with Crippen molar-refractivity contribution in [3.05, 3.63) is 29.8 Å². The normalized spacial score (nSPS) is 21.4. The summed E-state index contributed by atoms with van der Waals surface area (Å²) >= 11 is 0. The van der Waals surface area contributed by atoms with Crippen LogP contribution in [0.3, 0.4) is 0 Å². The summed E-state index contributed by atoms with van der Waals surface area (Å²) in [4.78, 5) is 0.180. The van der Waals surface area contributed by atoms with Crippen LogP contribution in [0, 0.1) is 0 Å². The molecule has 0 spiro atoms. The number of rotatable bonds is 5. The van der Waals surface area contributed by atoms with Crippen molar-refractivity contribution in [2.24, 2.45) is 0 Å². The minimum atomic E-state index is -3.78. The summed E-state index contributed by atoms with van der Waals surface area (Å²) in [6.07, 6.45) is 0.323. The van der Waals surface area contributed by atoms with Crippen molar-refractivity contribution in [2.75, 3.05) is 25.6 Å². The number of hydrogen-bond donors (Lipinski definition) is 0. The molecule has 1 aromatic rings. The van der Waals surface area contributed by atoms with Gasteiger partial charge in [-0.1, -0.05) is 26.0 Å². The highest BCUT2D eigenvalue weighted by molar-refractivity contribution is 7.92. The molecule has 1 saturated heterocycles. The lowest BCUT2D eigenvalue weighted by Gasteiger charge is -2.32. The molecule has 1 aromatic carbocycles. The Morgan fingerprint density at radius 2 is 1.70 bits per heavy atom. The summed E-state index contributed by atoms with van der Waals surface area (Å²) in [6.45, 7) is 4.08. The summed E-state index contributed by atoms with van der Waals surface area (Å²) in [5.41, 5.74) is 1.06. The number of hydrazine groups is 1. The summed E-state index contributed by atoms with van der Waals surface area (Å²) < 4.78 is 50.5. The van der Waals surface area contributed by atoms with E-state index in [9.17, 15) is 16.8 Å². The fourth-order valence-corrected chi connectivity index (χ4v) is 6.30. The Hall–Kier alpha value is -0.960. The fourth-order valence-electron chi connectivity index (χ4n) is 2.82. The van der Waals surface area contributed by atoms with Crippen LogP contribution in [-0.4, -0.2) is 57.9 Å². The second-order valence-corrected chi connectivity index (χ2v) is 10.4. The maximum absolute atomic E-state index is 12.9. The van der Waals surface area contributed by atoms with Crippen molar-refractivity contribution < 1.29 is 16.8 Å². The Labute approximate surface area is 139 Å². The first-order chi connectivity index (χ1) is 10.5. The largest absolute Gasteiger partial charge is 0.256 e. The van der Waals surface area contributed by atoms with E-state index in [0.717, 1.165) is 5.56 Å². The third kappa shape index (κ3) is 3.93. The predicted molar refractivity (Wildman–Crippen MR) is 90.3 cm³/mol. The molecule has 0 N–H and O–H groups in total. The van der Waals surface area contributed by atoms with Crippen LogP contribution < -0.4 is 0 Å². The number of nitrogens with zero attached hydrogens (tertiary/aromatic N) is 2. The monoisotopic (exact) mass is 360 g/mol. The Balaban J connectivity index is 2.37. The van der Waals surface area contributed by atoms with Crippen LogP contribution in [0.2, 0.25) is 0 Å². The first-order valence-corrected chi connectivity index (χ1v) is 10.8. The van der Waals surface area contributed by atoms with Gasteiger partial charge in [-0.3, -0.25) is 0 Å². The van der Waals surface area contributed by atoms with Gasteiger partial charge in [0.25, 0.3) is 10.0 Å². The molecule has 8 heteroatoms. The summed E-state index contributed by atoms with van der Waals surface area (Å²) in [6, 6.07) is 6.23. The Bertz CT molecular complexity index is 753. The molecule has 0 radical (unpaired) electrons. The van der Waals surface area contributed by atoms with Crippen molar-refractivity contribution in [3.63, 3.8) is 0 Å². The van der Waals surface area contributed by atoms with Crippen molar-refractivity contribution in [1.82, 2.24) is 9.42 Å². The summed E-state index contributed by atoms with van der Waals surface area (Å²) in [5, 5.41) is 1.46. The molecule has 1 heterocycles. The molecule has 1 aliphatic rings. The molecule has 1 aliphatic heterocycles. The molecule has 2 rings (SSSR count). The SMILES string of the molecule is CC(C)c1ccc(S(=O)(=O)N([C@H]2CCS(=O)(=O)C2)N(C)C)cc1. The third-order valence-corrected chi connectivity index (χ3v) is 7.74. The van der Waals surface area contributed by atoms with Gasteiger partial charge in [0.05, 0.1) is 22.4 Å². The van der Waals surface area contributed by atoms with Crippen molar-refractivity contribution in [1.29, 1.82) is 0 Å². The van der Waals surface area contributed by atoms with Crippen molar-refractivity contribution >= 4 is 19.9 Å². The van der Waals surface area contributed by atoms with Gasteiger partial charge < -0.3 is 0 Å². The van der Waals surface area contributed by atoms with Gasteiger partial charge in [0.1, 0.15) is 0 Å². The van der Waals surface area contributed by atoms with E-state index in [4.69, 9.17) is 0 Å². The molecule has 0 aliphatic carbocycles. The van der Waals surface area contributed by atoms with Crippen LogP contribution in [0.5, 0.6) is 0 Å². The zero-order valence-corrected chi connectivity index (χ0v) is 15.6. The summed E-state index contributed by atoms with van der Waals surface area (Å²) in [7, 11) is -3.72. The highest BCUT2D eigenvalue weighted by atomic mass is 32.2. The van der Waals surface area contributed by atoms with Crippen molar-refractivity contribution in [3.8, 4) is 0 Å². The van der Waals surface area contributed by atoms with Crippen LogP contribution in [0.25, 0.3) is 0 Å². The van der Waals surface area contributed by atoms with Crippen LogP contribution in [0.15, 0.2) is 29.2 Å². The molecule has 23 heavy (non-hydrogen) atoms. The average molecular weight is 361 g/mol. The lowest BCUT2D eigenvalue weighted by atomic mass is 10.0. The maximum atomic E-state index is 12.9. The third-order valence-electron chi connectivity index (χ3n) is 4.01. The smallest absolute Gasteiger partial charge is 0.234 e. The quantitative estimate of drug-likeness (QED) is 0.743. The minimum absolute atomic E-state index is 0.0316.